The molecule has 1 aliphatic carbocycles. The molecule has 4 aromatic rings. The molecule has 9 heteroatoms. The van der Waals surface area contributed by atoms with E-state index >= 15 is 0 Å². The number of fused-ring (bicyclic) bond motifs is 3. The largest absolute Gasteiger partial charge is 0.507 e. The number of benzene rings is 3. The second kappa shape index (κ2) is 8.69. The monoisotopic (exact) mass is 559 g/mol. The van der Waals surface area contributed by atoms with Gasteiger partial charge in [-0.1, -0.05) is 63.7 Å². The summed E-state index contributed by atoms with van der Waals surface area (Å²) in [6.45, 7) is 0. The van der Waals surface area contributed by atoms with Crippen LogP contribution in [0.15, 0.2) is 86.6 Å². The molecule has 0 spiro atoms. The molecule has 1 aromatic heterocycles. The molecule has 2 aliphatic rings. The molecule has 178 valence electrons. The minimum atomic E-state index is -0.511. The van der Waals surface area contributed by atoms with Crippen molar-refractivity contribution in [3.63, 3.8) is 0 Å². The van der Waals surface area contributed by atoms with Crippen LogP contribution < -0.4 is 14.9 Å². The highest BCUT2D eigenvalue weighted by atomic mass is 79.9. The topological polar surface area (TPSA) is 97.7 Å². The zero-order valence-corrected chi connectivity index (χ0v) is 21.1. The number of aromatic hydroxyl groups is 1. The van der Waals surface area contributed by atoms with Gasteiger partial charge in [-0.05, 0) is 53.8 Å². The number of non-ortho nitro benzene ring substituents is 1. The number of allylic oxidation sites excluding steroid dienone is 1. The molecule has 2 heterocycles. The van der Waals surface area contributed by atoms with Crippen LogP contribution in [0.25, 0.3) is 11.8 Å². The van der Waals surface area contributed by atoms with Gasteiger partial charge >= 0.3 is 0 Å². The summed E-state index contributed by atoms with van der Waals surface area (Å²) in [5.74, 6) is 0.0625. The van der Waals surface area contributed by atoms with E-state index in [2.05, 4.69) is 22.0 Å². The van der Waals surface area contributed by atoms with Gasteiger partial charge in [0.25, 0.3) is 11.2 Å². The average molecular weight is 560 g/mol. The summed E-state index contributed by atoms with van der Waals surface area (Å²) in [5, 5.41) is 21.9. The van der Waals surface area contributed by atoms with Crippen LogP contribution >= 0.6 is 27.3 Å². The Morgan fingerprint density at radius 3 is 2.78 bits per heavy atom. The Hall–Kier alpha value is -3.82. The van der Waals surface area contributed by atoms with Gasteiger partial charge in [0, 0.05) is 27.7 Å². The maximum absolute atomic E-state index is 13.8. The van der Waals surface area contributed by atoms with Crippen LogP contribution in [0.2, 0.25) is 0 Å². The Morgan fingerprint density at radius 1 is 1.11 bits per heavy atom. The van der Waals surface area contributed by atoms with Gasteiger partial charge in [0.05, 0.1) is 21.2 Å². The van der Waals surface area contributed by atoms with E-state index in [1.54, 1.807) is 41.0 Å². The number of thiazole rings is 1. The number of halogens is 1. The van der Waals surface area contributed by atoms with Crippen molar-refractivity contribution >= 4 is 44.7 Å². The fourth-order valence-electron chi connectivity index (χ4n) is 4.91. The third-order valence-electron chi connectivity index (χ3n) is 6.55. The van der Waals surface area contributed by atoms with Crippen LogP contribution in [0.5, 0.6) is 5.75 Å². The highest BCUT2D eigenvalue weighted by Gasteiger charge is 2.33. The molecule has 0 fully saturated rings. The highest BCUT2D eigenvalue weighted by molar-refractivity contribution is 9.10. The van der Waals surface area contributed by atoms with E-state index in [0.29, 0.717) is 26.9 Å². The third kappa shape index (κ3) is 3.71. The normalized spacial score (nSPS) is 16.7. The summed E-state index contributed by atoms with van der Waals surface area (Å²) >= 11 is 4.65. The van der Waals surface area contributed by atoms with Crippen LogP contribution in [0.1, 0.15) is 34.7 Å². The second-order valence-corrected chi connectivity index (χ2v) is 10.6. The lowest BCUT2D eigenvalue weighted by Gasteiger charge is -2.30. The number of hydrogen-bond donors (Lipinski definition) is 1. The van der Waals surface area contributed by atoms with Crippen LogP contribution in [-0.4, -0.2) is 14.6 Å². The molecule has 3 aromatic carbocycles. The molecule has 0 radical (unpaired) electrons. The zero-order valence-electron chi connectivity index (χ0n) is 18.7. The van der Waals surface area contributed by atoms with Gasteiger partial charge in [0.2, 0.25) is 0 Å². The molecule has 36 heavy (non-hydrogen) atoms. The Bertz CT molecular complexity index is 1790. The lowest BCUT2D eigenvalue weighted by Crippen LogP contribution is -2.38. The number of nitro groups is 1. The van der Waals surface area contributed by atoms with Gasteiger partial charge in [-0.3, -0.25) is 19.5 Å². The molecule has 7 nitrogen and oxygen atoms in total. The van der Waals surface area contributed by atoms with Gasteiger partial charge in [-0.15, -0.1) is 0 Å². The maximum atomic E-state index is 13.8. The van der Waals surface area contributed by atoms with Gasteiger partial charge < -0.3 is 5.11 Å². The smallest absolute Gasteiger partial charge is 0.271 e. The van der Waals surface area contributed by atoms with Crippen molar-refractivity contribution in [1.82, 2.24) is 4.57 Å². The standard InChI is InChI=1S/C27H18BrN3O4S/c28-18-9-11-22(32)17(12-18)14-23-26(33)30-25(16-5-3-6-19(13-16)31(34)35)21-10-8-15-4-1-2-7-20(15)24(21)29-27(30)36-23/h1-7,9,11-14,25,32H,8,10H2/b23-14+/t25-/m1/s1. The minimum absolute atomic E-state index is 0.0240. The van der Waals surface area contributed by atoms with Crippen LogP contribution in [0.3, 0.4) is 0 Å². The van der Waals surface area contributed by atoms with E-state index in [4.69, 9.17) is 4.99 Å². The molecule has 0 saturated carbocycles. The Labute approximate surface area is 217 Å². The van der Waals surface area contributed by atoms with E-state index in [1.165, 1.54) is 23.0 Å². The lowest BCUT2D eigenvalue weighted by molar-refractivity contribution is -0.384. The summed E-state index contributed by atoms with van der Waals surface area (Å²) in [7, 11) is 0. The third-order valence-corrected chi connectivity index (χ3v) is 8.02. The van der Waals surface area contributed by atoms with Crippen LogP contribution in [-0.2, 0) is 6.42 Å². The first kappa shape index (κ1) is 22.6. The predicted octanol–water partition coefficient (Wildman–Crippen LogP) is 4.70. The van der Waals surface area contributed by atoms with E-state index in [1.807, 2.05) is 24.3 Å². The number of rotatable bonds is 3. The molecule has 0 saturated heterocycles. The first-order chi connectivity index (χ1) is 17.4. The number of phenols is 1. The maximum Gasteiger partial charge on any atom is 0.271 e. The Balaban J connectivity index is 1.64. The fourth-order valence-corrected chi connectivity index (χ4v) is 6.28. The number of aryl methyl sites for hydroxylation is 1. The number of aromatic nitrogens is 1. The van der Waals surface area contributed by atoms with E-state index in [0.717, 1.165) is 27.7 Å². The summed E-state index contributed by atoms with van der Waals surface area (Å²) in [5.41, 5.74) is 4.92. The number of phenolic OH excluding ortho intramolecular Hbond substituents is 1. The van der Waals surface area contributed by atoms with Crippen molar-refractivity contribution in [3.8, 4) is 5.75 Å². The Morgan fingerprint density at radius 2 is 1.94 bits per heavy atom. The molecular weight excluding hydrogens is 542 g/mol. The predicted molar refractivity (Wildman–Crippen MR) is 142 cm³/mol. The zero-order chi connectivity index (χ0) is 25.0. The van der Waals surface area contributed by atoms with Gasteiger partial charge in [0.15, 0.2) is 4.80 Å². The first-order valence-corrected chi connectivity index (χ1v) is 12.9. The van der Waals surface area contributed by atoms with Crippen molar-refractivity contribution < 1.29 is 10.0 Å². The number of nitrogens with zero attached hydrogens (tertiary/aromatic N) is 3. The number of hydrogen-bond acceptors (Lipinski definition) is 6. The van der Waals surface area contributed by atoms with E-state index in [9.17, 15) is 20.0 Å². The molecule has 1 N–H and O–H groups in total. The molecule has 0 amide bonds. The van der Waals surface area contributed by atoms with Crippen molar-refractivity contribution in [1.29, 1.82) is 0 Å². The summed E-state index contributed by atoms with van der Waals surface area (Å²) < 4.78 is 2.84. The molecule has 6 rings (SSSR count). The molecule has 0 unspecified atom stereocenters. The first-order valence-electron chi connectivity index (χ1n) is 11.3. The SMILES string of the molecule is O=c1/c(=C\c2cc(Br)ccc2O)sc2n1[C@H](c1cccc([N+](=O)[O-])c1)C1=C(N=2)c2ccccc2CC1. The van der Waals surface area contributed by atoms with Crippen LogP contribution in [0.4, 0.5) is 5.69 Å². The fraction of sp³-hybridized carbons (Fsp3) is 0.111. The molecule has 1 atom stereocenters. The second-order valence-electron chi connectivity index (χ2n) is 8.67. The average Bonchev–Trinajstić information content (AvgIpc) is 3.19. The highest BCUT2D eigenvalue weighted by Crippen LogP contribution is 2.41. The van der Waals surface area contributed by atoms with Crippen molar-refractivity contribution in [2.75, 3.05) is 0 Å². The van der Waals surface area contributed by atoms with Crippen LogP contribution in [0, 0.1) is 10.1 Å². The van der Waals surface area contributed by atoms with Gasteiger partial charge in [0.1, 0.15) is 5.75 Å². The summed E-state index contributed by atoms with van der Waals surface area (Å²) in [6, 6.07) is 19.1. The summed E-state index contributed by atoms with van der Waals surface area (Å²) in [6.07, 6.45) is 3.15. The van der Waals surface area contributed by atoms with Crippen molar-refractivity contribution in [2.24, 2.45) is 4.99 Å². The van der Waals surface area contributed by atoms with Gasteiger partial charge in [-0.25, -0.2) is 4.99 Å². The van der Waals surface area contributed by atoms with E-state index in [-0.39, 0.29) is 17.0 Å². The lowest BCUT2D eigenvalue weighted by atomic mass is 9.83. The quantitative estimate of drug-likeness (QED) is 0.290. The molecule has 0 bridgehead atoms. The summed E-state index contributed by atoms with van der Waals surface area (Å²) in [4.78, 5) is 30.3. The number of nitro benzene ring substituents is 1. The van der Waals surface area contributed by atoms with E-state index < -0.39 is 11.0 Å². The molecule has 1 aliphatic heterocycles. The minimum Gasteiger partial charge on any atom is -0.507 e. The van der Waals surface area contributed by atoms with Crippen molar-refractivity contribution in [3.05, 3.63) is 129 Å². The molecular formula is C27H18BrN3O4S. The van der Waals surface area contributed by atoms with Crippen molar-refractivity contribution in [2.45, 2.75) is 18.9 Å². The Kier molecular flexibility index (Phi) is 5.46. The van der Waals surface area contributed by atoms with Gasteiger partial charge in [-0.2, -0.15) is 0 Å².